The van der Waals surface area contributed by atoms with E-state index in [1.807, 2.05) is 36.3 Å². The number of hydrogen-bond acceptors (Lipinski definition) is 7. The van der Waals surface area contributed by atoms with Crippen LogP contribution in [0, 0.1) is 0 Å². The highest BCUT2D eigenvalue weighted by atomic mass is 16.3. The van der Waals surface area contributed by atoms with E-state index in [-0.39, 0.29) is 13.2 Å². The van der Waals surface area contributed by atoms with Crippen molar-refractivity contribution in [2.24, 2.45) is 5.10 Å². The summed E-state index contributed by atoms with van der Waals surface area (Å²) >= 11 is 0. The van der Waals surface area contributed by atoms with Crippen molar-refractivity contribution in [3.05, 3.63) is 42.7 Å². The molecular weight excluding hydrogens is 370 g/mol. The number of aliphatic hydroxyl groups is 2. The molecule has 9 heteroatoms. The average Bonchev–Trinajstić information content (AvgIpc) is 3.41. The molecule has 0 saturated carbocycles. The number of allylic oxidation sites excluding steroid dienone is 1. The average molecular weight is 397 g/mol. The van der Waals surface area contributed by atoms with E-state index < -0.39 is 6.04 Å². The molecule has 0 aliphatic carbocycles. The van der Waals surface area contributed by atoms with Gasteiger partial charge in [-0.05, 0) is 31.9 Å². The summed E-state index contributed by atoms with van der Waals surface area (Å²) in [6, 6.07) is 1.65. The van der Waals surface area contributed by atoms with Crippen LogP contribution >= 0.6 is 0 Å². The molecule has 0 unspecified atom stereocenters. The Bertz CT molecular complexity index is 1000. The Morgan fingerprint density at radius 1 is 1.31 bits per heavy atom. The molecule has 0 radical (unpaired) electrons. The van der Waals surface area contributed by atoms with E-state index in [1.54, 1.807) is 16.9 Å². The summed E-state index contributed by atoms with van der Waals surface area (Å²) in [5, 5.41) is 33.0. The third-order valence-electron chi connectivity index (χ3n) is 5.00. The lowest BCUT2D eigenvalue weighted by Gasteiger charge is -2.22. The summed E-state index contributed by atoms with van der Waals surface area (Å²) in [6.45, 7) is 9.16. The number of rotatable bonds is 9. The minimum atomic E-state index is -0.566. The fourth-order valence-corrected chi connectivity index (χ4v) is 2.97. The van der Waals surface area contributed by atoms with Gasteiger partial charge in [0, 0.05) is 30.7 Å². The minimum Gasteiger partial charge on any atom is -0.394 e. The van der Waals surface area contributed by atoms with Crippen LogP contribution in [-0.4, -0.2) is 65.6 Å². The number of aromatic nitrogens is 5. The van der Waals surface area contributed by atoms with Gasteiger partial charge in [0.1, 0.15) is 0 Å². The fourth-order valence-electron chi connectivity index (χ4n) is 2.97. The summed E-state index contributed by atoms with van der Waals surface area (Å²) in [6.07, 6.45) is 10.1. The van der Waals surface area contributed by atoms with Gasteiger partial charge in [-0.25, -0.2) is 9.50 Å². The van der Waals surface area contributed by atoms with Crippen LogP contribution in [0.25, 0.3) is 22.3 Å². The molecule has 3 aromatic rings. The van der Waals surface area contributed by atoms with Crippen molar-refractivity contribution in [3.63, 3.8) is 0 Å². The normalized spacial score (nSPS) is 13.2. The van der Waals surface area contributed by atoms with Crippen molar-refractivity contribution in [1.82, 2.24) is 29.4 Å². The summed E-state index contributed by atoms with van der Waals surface area (Å²) in [7, 11) is 0. The van der Waals surface area contributed by atoms with E-state index in [9.17, 15) is 10.2 Å². The Labute approximate surface area is 169 Å². The number of nitrogens with zero attached hydrogens (tertiary/aromatic N) is 7. The quantitative estimate of drug-likeness (QED) is 0.424. The van der Waals surface area contributed by atoms with Crippen molar-refractivity contribution in [3.8, 4) is 11.3 Å². The minimum absolute atomic E-state index is 0.245. The Morgan fingerprint density at radius 2 is 2.07 bits per heavy atom. The van der Waals surface area contributed by atoms with Crippen molar-refractivity contribution >= 4 is 17.8 Å². The maximum absolute atomic E-state index is 9.43. The van der Waals surface area contributed by atoms with Crippen LogP contribution in [0.1, 0.15) is 38.9 Å². The van der Waals surface area contributed by atoms with Gasteiger partial charge in [0.15, 0.2) is 0 Å². The largest absolute Gasteiger partial charge is 0.394 e. The van der Waals surface area contributed by atoms with Crippen molar-refractivity contribution in [2.75, 3.05) is 13.2 Å². The lowest BCUT2D eigenvalue weighted by molar-refractivity contribution is 0.108. The molecule has 0 amide bonds. The van der Waals surface area contributed by atoms with Crippen LogP contribution in [0.4, 0.5) is 0 Å². The first-order chi connectivity index (χ1) is 14.0. The molecule has 0 aliphatic rings. The molecule has 9 nitrogen and oxygen atoms in total. The SMILES string of the molecule is C=NN(/C=C(\C)c1cn2nccc2c(-c2cnn([C@@H](C)CC)c2)n1)C(CO)CO. The monoisotopic (exact) mass is 397 g/mol. The van der Waals surface area contributed by atoms with Crippen LogP contribution in [0.3, 0.4) is 0 Å². The van der Waals surface area contributed by atoms with Gasteiger partial charge in [0.05, 0.1) is 54.8 Å². The fraction of sp³-hybridized carbons (Fsp3) is 0.400. The first-order valence-electron chi connectivity index (χ1n) is 9.56. The predicted molar refractivity (Wildman–Crippen MR) is 112 cm³/mol. The Hall–Kier alpha value is -3.04. The molecule has 3 heterocycles. The number of fused-ring (bicyclic) bond motifs is 1. The van der Waals surface area contributed by atoms with Crippen LogP contribution in [0.5, 0.6) is 0 Å². The van der Waals surface area contributed by atoms with Gasteiger partial charge in [0.25, 0.3) is 0 Å². The molecule has 3 aromatic heterocycles. The topological polar surface area (TPSA) is 104 Å². The number of aliphatic hydroxyl groups excluding tert-OH is 2. The van der Waals surface area contributed by atoms with Gasteiger partial charge in [-0.1, -0.05) is 6.92 Å². The van der Waals surface area contributed by atoms with E-state index in [1.165, 1.54) is 5.01 Å². The molecular formula is C20H27N7O2. The van der Waals surface area contributed by atoms with Crippen LogP contribution in [0.15, 0.2) is 42.2 Å². The van der Waals surface area contributed by atoms with Gasteiger partial charge in [-0.3, -0.25) is 9.69 Å². The lowest BCUT2D eigenvalue weighted by atomic mass is 10.1. The second-order valence-corrected chi connectivity index (χ2v) is 6.95. The lowest BCUT2D eigenvalue weighted by Crippen LogP contribution is -2.33. The molecule has 0 saturated heterocycles. The maximum atomic E-state index is 9.43. The number of hydrogen-bond donors (Lipinski definition) is 2. The molecule has 0 bridgehead atoms. The first-order valence-corrected chi connectivity index (χ1v) is 9.56. The summed E-state index contributed by atoms with van der Waals surface area (Å²) < 4.78 is 3.71. The molecule has 2 N–H and O–H groups in total. The third-order valence-corrected chi connectivity index (χ3v) is 5.00. The van der Waals surface area contributed by atoms with Crippen LogP contribution in [-0.2, 0) is 0 Å². The smallest absolute Gasteiger partial charge is 0.0999 e. The summed E-state index contributed by atoms with van der Waals surface area (Å²) in [4.78, 5) is 4.84. The van der Waals surface area contributed by atoms with Crippen LogP contribution < -0.4 is 0 Å². The van der Waals surface area contributed by atoms with E-state index in [0.29, 0.717) is 11.7 Å². The van der Waals surface area contributed by atoms with E-state index in [0.717, 1.165) is 28.8 Å². The Kier molecular flexibility index (Phi) is 6.40. The highest BCUT2D eigenvalue weighted by Crippen LogP contribution is 2.26. The molecule has 0 aromatic carbocycles. The van der Waals surface area contributed by atoms with E-state index in [4.69, 9.17) is 4.98 Å². The van der Waals surface area contributed by atoms with Gasteiger partial charge in [0.2, 0.25) is 0 Å². The standard InChI is InChI=1S/C20H27N7O2/c1-5-15(3)25-10-16(8-23-25)20-19-6-7-22-27(19)11-18(24-20)14(2)9-26(21-4)17(12-28)13-29/h6-11,15,17,28-29H,4-5,12-13H2,1-3H3/b14-9+/t15-/m0/s1. The predicted octanol–water partition coefficient (Wildman–Crippen LogP) is 2.20. The zero-order valence-electron chi connectivity index (χ0n) is 17.0. The van der Waals surface area contributed by atoms with Crippen molar-refractivity contribution in [1.29, 1.82) is 0 Å². The van der Waals surface area contributed by atoms with E-state index in [2.05, 4.69) is 35.9 Å². The van der Waals surface area contributed by atoms with Gasteiger partial charge < -0.3 is 10.2 Å². The second kappa shape index (κ2) is 8.97. The molecule has 0 fully saturated rings. The van der Waals surface area contributed by atoms with Crippen LogP contribution in [0.2, 0.25) is 0 Å². The molecule has 154 valence electrons. The second-order valence-electron chi connectivity index (χ2n) is 6.95. The molecule has 0 aliphatic heterocycles. The Balaban J connectivity index is 2.05. The molecule has 29 heavy (non-hydrogen) atoms. The third kappa shape index (κ3) is 4.20. The van der Waals surface area contributed by atoms with Gasteiger partial charge in [-0.15, -0.1) is 0 Å². The maximum Gasteiger partial charge on any atom is 0.0999 e. The first kappa shape index (κ1) is 20.7. The summed E-state index contributed by atoms with van der Waals surface area (Å²) in [5.74, 6) is 0. The zero-order valence-corrected chi connectivity index (χ0v) is 17.0. The number of hydrazone groups is 1. The Morgan fingerprint density at radius 3 is 2.72 bits per heavy atom. The molecule has 1 atom stereocenters. The van der Waals surface area contributed by atoms with E-state index >= 15 is 0 Å². The zero-order chi connectivity index (χ0) is 21.0. The van der Waals surface area contributed by atoms with Crippen molar-refractivity contribution < 1.29 is 10.2 Å². The molecule has 3 rings (SSSR count). The molecule has 0 spiro atoms. The summed E-state index contributed by atoms with van der Waals surface area (Å²) in [5.41, 5.74) is 4.05. The van der Waals surface area contributed by atoms with Gasteiger partial charge in [-0.2, -0.15) is 15.3 Å². The van der Waals surface area contributed by atoms with Crippen molar-refractivity contribution in [2.45, 2.75) is 39.3 Å². The highest BCUT2D eigenvalue weighted by Gasteiger charge is 2.16. The highest BCUT2D eigenvalue weighted by molar-refractivity contribution is 5.77. The van der Waals surface area contributed by atoms with Gasteiger partial charge >= 0.3 is 0 Å².